The Balaban J connectivity index is 1.90. The number of ketones is 1. The number of hydrogen-bond acceptors (Lipinski definition) is 6. The first-order valence-electron chi connectivity index (χ1n) is 6.93. The van der Waals surface area contributed by atoms with Crippen LogP contribution in [0.4, 0.5) is 0 Å². The monoisotopic (exact) mass is 313 g/mol. The Morgan fingerprint density at radius 1 is 1.30 bits per heavy atom. The highest BCUT2D eigenvalue weighted by atomic mass is 16.2. The summed E-state index contributed by atoms with van der Waals surface area (Å²) in [6, 6.07) is 7.62. The Kier molecular flexibility index (Phi) is 3.85. The summed E-state index contributed by atoms with van der Waals surface area (Å²) in [5.41, 5.74) is 3.56. The Morgan fingerprint density at radius 3 is 2.83 bits per heavy atom. The van der Waals surface area contributed by atoms with Crippen LogP contribution in [0.15, 0.2) is 30.5 Å². The fraction of sp³-hybridized carbons (Fsp3) is 0.214. The lowest BCUT2D eigenvalue weighted by Gasteiger charge is -2.01. The molecule has 0 spiro atoms. The zero-order chi connectivity index (χ0) is 16.4. The molecule has 2 heterocycles. The zero-order valence-corrected chi connectivity index (χ0v) is 12.4. The molecule has 3 rings (SSSR count). The summed E-state index contributed by atoms with van der Waals surface area (Å²) in [6.07, 6.45) is 1.78. The lowest BCUT2D eigenvalue weighted by atomic mass is 10.1. The molecule has 0 bridgehead atoms. The van der Waals surface area contributed by atoms with Crippen molar-refractivity contribution in [2.45, 2.75) is 20.0 Å². The normalized spacial score (nSPS) is 10.9. The van der Waals surface area contributed by atoms with E-state index in [2.05, 4.69) is 15.4 Å². The number of para-hydroxylation sites is 1. The summed E-state index contributed by atoms with van der Waals surface area (Å²) in [7, 11) is 0. The molecule has 3 N–H and O–H groups in total. The number of fused-ring (bicyclic) bond motifs is 1. The number of carbonyl (C=O) groups excluding carboxylic acids is 2. The van der Waals surface area contributed by atoms with E-state index in [9.17, 15) is 9.59 Å². The number of Topliss-reactive ketones (excluding diaryl/α,β-unsaturated/α-hetero) is 1. The van der Waals surface area contributed by atoms with Gasteiger partial charge in [0.1, 0.15) is 6.54 Å². The number of hydrazine groups is 1. The molecule has 0 fully saturated rings. The van der Waals surface area contributed by atoms with Crippen molar-refractivity contribution >= 4 is 22.6 Å². The predicted molar refractivity (Wildman–Crippen MR) is 81.2 cm³/mol. The van der Waals surface area contributed by atoms with Gasteiger partial charge in [-0.2, -0.15) is 4.80 Å². The van der Waals surface area contributed by atoms with Crippen molar-refractivity contribution in [2.75, 3.05) is 0 Å². The molecule has 0 radical (unpaired) electrons. The van der Waals surface area contributed by atoms with Gasteiger partial charge in [-0.05, 0) is 18.2 Å². The molecule has 1 aromatic carbocycles. The topological polar surface area (TPSA) is 121 Å². The molecular weight excluding hydrogens is 298 g/mol. The molecule has 118 valence electrons. The number of rotatable bonds is 5. The molecule has 0 aliphatic carbocycles. The van der Waals surface area contributed by atoms with Crippen molar-refractivity contribution < 1.29 is 9.59 Å². The van der Waals surface area contributed by atoms with Crippen molar-refractivity contribution in [1.29, 1.82) is 0 Å². The largest absolute Gasteiger partial charge is 0.339 e. The van der Waals surface area contributed by atoms with E-state index in [1.807, 2.05) is 34.3 Å². The number of nitrogens with one attached hydrogen (secondary N) is 1. The fourth-order valence-corrected chi connectivity index (χ4v) is 2.39. The van der Waals surface area contributed by atoms with Crippen molar-refractivity contribution in [1.82, 2.24) is 30.2 Å². The van der Waals surface area contributed by atoms with Crippen molar-refractivity contribution in [2.24, 2.45) is 5.84 Å². The van der Waals surface area contributed by atoms with Gasteiger partial charge in [0, 0.05) is 22.7 Å². The average molecular weight is 313 g/mol. The third-order valence-electron chi connectivity index (χ3n) is 3.42. The number of benzene rings is 1. The number of carbonyl (C=O) groups is 2. The number of amides is 1. The maximum atomic E-state index is 11.8. The SMILES string of the molecule is CC(=O)c1cn(Cc2nnn(CC(=O)NN)n2)c2ccccc12. The van der Waals surface area contributed by atoms with Crippen LogP contribution in [0, 0.1) is 0 Å². The van der Waals surface area contributed by atoms with E-state index in [4.69, 9.17) is 5.84 Å². The first kappa shape index (κ1) is 14.9. The molecule has 1 amide bonds. The van der Waals surface area contributed by atoms with Crippen molar-refractivity contribution in [3.63, 3.8) is 0 Å². The van der Waals surface area contributed by atoms with Gasteiger partial charge in [-0.15, -0.1) is 10.2 Å². The van der Waals surface area contributed by atoms with Gasteiger partial charge in [-0.1, -0.05) is 18.2 Å². The number of hydrogen-bond donors (Lipinski definition) is 2. The highest BCUT2D eigenvalue weighted by Gasteiger charge is 2.13. The molecule has 23 heavy (non-hydrogen) atoms. The minimum Gasteiger partial charge on any atom is -0.339 e. The van der Waals surface area contributed by atoms with E-state index in [1.165, 1.54) is 6.92 Å². The van der Waals surface area contributed by atoms with Crippen LogP contribution in [0.5, 0.6) is 0 Å². The molecule has 0 aliphatic rings. The second kappa shape index (κ2) is 5.97. The smallest absolute Gasteiger partial charge is 0.257 e. The number of aromatic nitrogens is 5. The minimum absolute atomic E-state index is 0.00354. The molecule has 0 aliphatic heterocycles. The Bertz CT molecular complexity index is 880. The van der Waals surface area contributed by atoms with Gasteiger partial charge < -0.3 is 4.57 Å². The highest BCUT2D eigenvalue weighted by Crippen LogP contribution is 2.22. The van der Waals surface area contributed by atoms with E-state index in [0.29, 0.717) is 17.9 Å². The van der Waals surface area contributed by atoms with Crippen molar-refractivity contribution in [3.05, 3.63) is 41.9 Å². The first-order chi connectivity index (χ1) is 11.1. The van der Waals surface area contributed by atoms with Crippen LogP contribution in [0.1, 0.15) is 23.1 Å². The maximum Gasteiger partial charge on any atom is 0.257 e. The summed E-state index contributed by atoms with van der Waals surface area (Å²) >= 11 is 0. The Hall–Kier alpha value is -3.07. The van der Waals surface area contributed by atoms with Crippen LogP contribution >= 0.6 is 0 Å². The van der Waals surface area contributed by atoms with E-state index in [0.717, 1.165) is 15.7 Å². The van der Waals surface area contributed by atoms with E-state index in [1.54, 1.807) is 6.20 Å². The van der Waals surface area contributed by atoms with Gasteiger partial charge in [0.25, 0.3) is 5.91 Å². The van der Waals surface area contributed by atoms with Crippen LogP contribution in [-0.2, 0) is 17.9 Å². The quantitative estimate of drug-likeness (QED) is 0.293. The second-order valence-corrected chi connectivity index (χ2v) is 5.05. The summed E-state index contributed by atoms with van der Waals surface area (Å²) < 4.78 is 1.89. The lowest BCUT2D eigenvalue weighted by Crippen LogP contribution is -2.33. The zero-order valence-electron chi connectivity index (χ0n) is 12.4. The third kappa shape index (κ3) is 2.94. The van der Waals surface area contributed by atoms with Gasteiger partial charge in [0.05, 0.1) is 6.54 Å². The number of nitrogens with zero attached hydrogens (tertiary/aromatic N) is 5. The molecule has 0 saturated carbocycles. The molecule has 9 heteroatoms. The molecule has 0 saturated heterocycles. The Morgan fingerprint density at radius 2 is 2.09 bits per heavy atom. The van der Waals surface area contributed by atoms with Crippen molar-refractivity contribution in [3.8, 4) is 0 Å². The Labute approximate surface area is 131 Å². The van der Waals surface area contributed by atoms with Gasteiger partial charge in [-0.25, -0.2) is 5.84 Å². The van der Waals surface area contributed by atoms with E-state index in [-0.39, 0.29) is 12.3 Å². The highest BCUT2D eigenvalue weighted by molar-refractivity contribution is 6.06. The van der Waals surface area contributed by atoms with Gasteiger partial charge >= 0.3 is 0 Å². The second-order valence-electron chi connectivity index (χ2n) is 5.05. The molecule has 9 nitrogen and oxygen atoms in total. The van der Waals surface area contributed by atoms with Gasteiger partial charge in [0.2, 0.25) is 0 Å². The summed E-state index contributed by atoms with van der Waals surface area (Å²) in [6.45, 7) is 1.78. The predicted octanol–water partition coefficient (Wildman–Crippen LogP) is -0.131. The molecule has 2 aromatic heterocycles. The maximum absolute atomic E-state index is 11.8. The molecule has 0 unspecified atom stereocenters. The summed E-state index contributed by atoms with van der Waals surface area (Å²) in [5, 5.41) is 12.7. The van der Waals surface area contributed by atoms with E-state index >= 15 is 0 Å². The van der Waals surface area contributed by atoms with Crippen LogP contribution in [0.25, 0.3) is 10.9 Å². The summed E-state index contributed by atoms with van der Waals surface area (Å²) in [5.74, 6) is 5.03. The van der Waals surface area contributed by atoms with E-state index < -0.39 is 5.91 Å². The fourth-order valence-electron chi connectivity index (χ4n) is 2.39. The minimum atomic E-state index is -0.417. The first-order valence-corrected chi connectivity index (χ1v) is 6.93. The van der Waals surface area contributed by atoms with Crippen LogP contribution in [0.3, 0.4) is 0 Å². The van der Waals surface area contributed by atoms with Gasteiger partial charge in [-0.3, -0.25) is 15.0 Å². The summed E-state index contributed by atoms with van der Waals surface area (Å²) in [4.78, 5) is 24.1. The van der Waals surface area contributed by atoms with Gasteiger partial charge in [0.15, 0.2) is 11.6 Å². The molecular formula is C14H15N7O2. The van der Waals surface area contributed by atoms with Crippen LogP contribution < -0.4 is 11.3 Å². The average Bonchev–Trinajstić information content (AvgIpc) is 3.13. The standard InChI is InChI=1S/C14H15N7O2/c1-9(22)11-6-20(12-5-3-2-4-10(11)12)7-13-17-19-21(18-13)8-14(23)16-15/h2-6H,7-8,15H2,1H3,(H,16,23). The number of tetrazole rings is 1. The number of nitrogens with two attached hydrogens (primary N) is 1. The molecule has 3 aromatic rings. The molecule has 0 atom stereocenters. The lowest BCUT2D eigenvalue weighted by molar-refractivity contribution is -0.122. The third-order valence-corrected chi connectivity index (χ3v) is 3.42. The van der Waals surface area contributed by atoms with Crippen LogP contribution in [-0.4, -0.2) is 36.5 Å². The van der Waals surface area contributed by atoms with Crippen LogP contribution in [0.2, 0.25) is 0 Å².